The highest BCUT2D eigenvalue weighted by Gasteiger charge is 2.22. The first kappa shape index (κ1) is 15.9. The Kier molecular flexibility index (Phi) is 4.43. The second kappa shape index (κ2) is 6.70. The van der Waals surface area contributed by atoms with Crippen molar-refractivity contribution < 1.29 is 4.39 Å². The van der Waals surface area contributed by atoms with Crippen molar-refractivity contribution >= 4 is 0 Å². The van der Waals surface area contributed by atoms with E-state index in [2.05, 4.69) is 31.2 Å². The van der Waals surface area contributed by atoms with Gasteiger partial charge in [-0.05, 0) is 84.2 Å². The Morgan fingerprint density at radius 3 is 2.12 bits per heavy atom. The smallest absolute Gasteiger partial charge is 0.123 e. The molecule has 0 N–H and O–H groups in total. The summed E-state index contributed by atoms with van der Waals surface area (Å²) in [5, 5.41) is 0. The van der Waals surface area contributed by atoms with Gasteiger partial charge in [0.25, 0.3) is 0 Å². The molecule has 4 rings (SSSR count). The molecule has 0 saturated heterocycles. The van der Waals surface area contributed by atoms with Gasteiger partial charge < -0.3 is 0 Å². The summed E-state index contributed by atoms with van der Waals surface area (Å²) in [6.45, 7) is 2.38. The Morgan fingerprint density at radius 2 is 1.42 bits per heavy atom. The summed E-state index contributed by atoms with van der Waals surface area (Å²) in [5.41, 5.74) is 5.53. The van der Waals surface area contributed by atoms with Gasteiger partial charge in [-0.15, -0.1) is 0 Å². The van der Waals surface area contributed by atoms with Crippen LogP contribution >= 0.6 is 0 Å². The second-order valence-corrected chi connectivity index (χ2v) is 7.98. The molecular weight excluding hydrogens is 295 g/mol. The molecule has 0 heterocycles. The van der Waals surface area contributed by atoms with Crippen molar-refractivity contribution in [3.05, 3.63) is 70.5 Å². The summed E-state index contributed by atoms with van der Waals surface area (Å²) in [7, 11) is 0. The van der Waals surface area contributed by atoms with Gasteiger partial charge in [0.2, 0.25) is 0 Å². The molecule has 1 saturated carbocycles. The highest BCUT2D eigenvalue weighted by atomic mass is 19.1. The number of halogens is 1. The zero-order chi connectivity index (χ0) is 16.5. The first-order valence-corrected chi connectivity index (χ1v) is 9.56. The van der Waals surface area contributed by atoms with E-state index >= 15 is 0 Å². The van der Waals surface area contributed by atoms with Gasteiger partial charge in [0.05, 0.1) is 0 Å². The van der Waals surface area contributed by atoms with Crippen LogP contribution in [0.4, 0.5) is 4.39 Å². The SMILES string of the molecule is CC1CCC(c2ccc(C3CCc4cc(F)ccc4C3)cc2)CC1. The number of benzene rings is 2. The fraction of sp³-hybridized carbons (Fsp3) is 0.478. The molecule has 1 unspecified atom stereocenters. The molecule has 1 heteroatoms. The third-order valence-corrected chi connectivity index (χ3v) is 6.29. The molecule has 0 aliphatic heterocycles. The number of hydrogen-bond acceptors (Lipinski definition) is 0. The van der Waals surface area contributed by atoms with Crippen LogP contribution in [0.25, 0.3) is 0 Å². The summed E-state index contributed by atoms with van der Waals surface area (Å²) in [5.74, 6) is 2.17. The van der Waals surface area contributed by atoms with Crippen LogP contribution in [0.5, 0.6) is 0 Å². The monoisotopic (exact) mass is 322 g/mol. The van der Waals surface area contributed by atoms with Crippen molar-refractivity contribution in [3.8, 4) is 0 Å². The maximum absolute atomic E-state index is 13.4. The van der Waals surface area contributed by atoms with E-state index in [0.717, 1.165) is 31.1 Å². The van der Waals surface area contributed by atoms with Crippen molar-refractivity contribution in [1.82, 2.24) is 0 Å². The number of hydrogen-bond donors (Lipinski definition) is 0. The maximum atomic E-state index is 13.4. The minimum Gasteiger partial charge on any atom is -0.207 e. The lowest BCUT2D eigenvalue weighted by molar-refractivity contribution is 0.348. The van der Waals surface area contributed by atoms with Gasteiger partial charge in [0, 0.05) is 0 Å². The van der Waals surface area contributed by atoms with Crippen molar-refractivity contribution in [1.29, 1.82) is 0 Å². The molecule has 1 fully saturated rings. The zero-order valence-electron chi connectivity index (χ0n) is 14.6. The van der Waals surface area contributed by atoms with Crippen LogP contribution in [0.3, 0.4) is 0 Å². The van der Waals surface area contributed by atoms with E-state index in [1.807, 2.05) is 6.07 Å². The Labute approximate surface area is 145 Å². The predicted molar refractivity (Wildman–Crippen MR) is 98.0 cm³/mol. The fourth-order valence-electron chi connectivity index (χ4n) is 4.64. The Bertz CT molecular complexity index is 692. The molecule has 2 aromatic carbocycles. The van der Waals surface area contributed by atoms with E-state index in [1.165, 1.54) is 47.9 Å². The summed E-state index contributed by atoms with van der Waals surface area (Å²) in [6.07, 6.45) is 8.64. The van der Waals surface area contributed by atoms with E-state index in [9.17, 15) is 4.39 Å². The summed E-state index contributed by atoms with van der Waals surface area (Å²) in [6, 6.07) is 14.8. The molecule has 0 radical (unpaired) electrons. The molecule has 126 valence electrons. The maximum Gasteiger partial charge on any atom is 0.123 e. The molecular formula is C23H27F. The lowest BCUT2D eigenvalue weighted by atomic mass is 9.77. The standard InChI is InChI=1S/C23H27F/c1-16-2-4-17(5-3-16)18-6-8-19(9-7-18)20-10-11-22-15-23(24)13-12-21(22)14-20/h6-9,12-13,15-17,20H,2-5,10-11,14H2,1H3. The average molecular weight is 322 g/mol. The molecule has 2 aromatic rings. The van der Waals surface area contributed by atoms with Crippen molar-refractivity contribution in [2.75, 3.05) is 0 Å². The lowest BCUT2D eigenvalue weighted by Crippen LogP contribution is -2.14. The molecule has 1 atom stereocenters. The van der Waals surface area contributed by atoms with Crippen LogP contribution in [0, 0.1) is 11.7 Å². The molecule has 24 heavy (non-hydrogen) atoms. The summed E-state index contributed by atoms with van der Waals surface area (Å²) < 4.78 is 13.4. The van der Waals surface area contributed by atoms with Crippen LogP contribution in [0.2, 0.25) is 0 Å². The van der Waals surface area contributed by atoms with Gasteiger partial charge in [-0.25, -0.2) is 4.39 Å². The summed E-state index contributed by atoms with van der Waals surface area (Å²) in [4.78, 5) is 0. The quantitative estimate of drug-likeness (QED) is 0.601. The molecule has 2 aliphatic rings. The van der Waals surface area contributed by atoms with Gasteiger partial charge in [0.15, 0.2) is 0 Å². The highest BCUT2D eigenvalue weighted by molar-refractivity contribution is 5.35. The van der Waals surface area contributed by atoms with Gasteiger partial charge in [-0.3, -0.25) is 0 Å². The molecule has 0 bridgehead atoms. The van der Waals surface area contributed by atoms with Gasteiger partial charge >= 0.3 is 0 Å². The predicted octanol–water partition coefficient (Wildman–Crippen LogP) is 6.39. The molecule has 0 amide bonds. The average Bonchev–Trinajstić information content (AvgIpc) is 2.62. The minimum absolute atomic E-state index is 0.0987. The molecule has 2 aliphatic carbocycles. The van der Waals surface area contributed by atoms with Crippen LogP contribution in [0.1, 0.15) is 73.1 Å². The minimum atomic E-state index is -0.0987. The molecule has 0 spiro atoms. The topological polar surface area (TPSA) is 0 Å². The van der Waals surface area contributed by atoms with E-state index < -0.39 is 0 Å². The first-order chi connectivity index (χ1) is 11.7. The van der Waals surface area contributed by atoms with Gasteiger partial charge in [0.1, 0.15) is 5.82 Å². The van der Waals surface area contributed by atoms with Crippen molar-refractivity contribution in [2.45, 2.75) is 63.7 Å². The van der Waals surface area contributed by atoms with E-state index in [0.29, 0.717) is 5.92 Å². The molecule has 0 nitrogen and oxygen atoms in total. The number of aryl methyl sites for hydroxylation is 1. The fourth-order valence-corrected chi connectivity index (χ4v) is 4.64. The van der Waals surface area contributed by atoms with E-state index in [1.54, 1.807) is 12.1 Å². The normalized spacial score (nSPS) is 26.8. The highest BCUT2D eigenvalue weighted by Crippen LogP contribution is 2.37. The van der Waals surface area contributed by atoms with Crippen molar-refractivity contribution in [3.63, 3.8) is 0 Å². The Hall–Kier alpha value is -1.63. The Morgan fingerprint density at radius 1 is 0.750 bits per heavy atom. The van der Waals surface area contributed by atoms with Crippen LogP contribution < -0.4 is 0 Å². The third kappa shape index (κ3) is 3.27. The number of fused-ring (bicyclic) bond motifs is 1. The van der Waals surface area contributed by atoms with E-state index in [4.69, 9.17) is 0 Å². The van der Waals surface area contributed by atoms with E-state index in [-0.39, 0.29) is 5.82 Å². The third-order valence-electron chi connectivity index (χ3n) is 6.29. The molecule has 0 aromatic heterocycles. The number of rotatable bonds is 2. The van der Waals surface area contributed by atoms with Gasteiger partial charge in [-0.1, -0.05) is 50.1 Å². The first-order valence-electron chi connectivity index (χ1n) is 9.56. The lowest BCUT2D eigenvalue weighted by Gasteiger charge is -2.28. The largest absolute Gasteiger partial charge is 0.207 e. The van der Waals surface area contributed by atoms with Crippen molar-refractivity contribution in [2.24, 2.45) is 5.92 Å². The summed E-state index contributed by atoms with van der Waals surface area (Å²) >= 11 is 0. The zero-order valence-corrected chi connectivity index (χ0v) is 14.6. The van der Waals surface area contributed by atoms with Crippen LogP contribution in [-0.4, -0.2) is 0 Å². The van der Waals surface area contributed by atoms with Crippen LogP contribution in [-0.2, 0) is 12.8 Å². The second-order valence-electron chi connectivity index (χ2n) is 7.98. The van der Waals surface area contributed by atoms with Crippen LogP contribution in [0.15, 0.2) is 42.5 Å². The van der Waals surface area contributed by atoms with Gasteiger partial charge in [-0.2, -0.15) is 0 Å². The Balaban J connectivity index is 1.46.